The van der Waals surface area contributed by atoms with Gasteiger partial charge < -0.3 is 10.6 Å². The standard InChI is InChI=1S/C34H66N2O/c1-5-9-13-16-21-27-32(26-12-8-4)34(37)36-31-25-20-19-24-30-35-33(28-22-17-14-10-6-2)29-23-18-15-11-7-3/h32-33,35H,5-18,21-31H2,1-4H3,(H,36,37). The first-order chi connectivity index (χ1) is 18.2. The Morgan fingerprint density at radius 1 is 0.541 bits per heavy atom. The van der Waals surface area contributed by atoms with E-state index in [1.165, 1.54) is 109 Å². The Bertz CT molecular complexity index is 522. The molecule has 0 rings (SSSR count). The van der Waals surface area contributed by atoms with E-state index in [0.29, 0.717) is 12.6 Å². The lowest BCUT2D eigenvalue weighted by Crippen LogP contribution is -2.31. The van der Waals surface area contributed by atoms with Crippen molar-refractivity contribution >= 4 is 5.91 Å². The lowest BCUT2D eigenvalue weighted by Gasteiger charge is -2.18. The summed E-state index contributed by atoms with van der Waals surface area (Å²) >= 11 is 0. The molecule has 1 atom stereocenters. The number of nitrogens with one attached hydrogen (secondary N) is 2. The number of carbonyl (C=O) groups excluding carboxylic acids is 1. The van der Waals surface area contributed by atoms with E-state index in [0.717, 1.165) is 45.1 Å². The minimum Gasteiger partial charge on any atom is -0.355 e. The fraction of sp³-hybridized carbons (Fsp3) is 0.912. The van der Waals surface area contributed by atoms with Gasteiger partial charge in [0.05, 0.1) is 0 Å². The van der Waals surface area contributed by atoms with Gasteiger partial charge in [0.15, 0.2) is 0 Å². The molecule has 2 N–H and O–H groups in total. The predicted octanol–water partition coefficient (Wildman–Crippen LogP) is 9.73. The first-order valence-electron chi connectivity index (χ1n) is 16.7. The molecular formula is C34H66N2O. The highest BCUT2D eigenvalue weighted by Gasteiger charge is 2.16. The van der Waals surface area contributed by atoms with Crippen LogP contribution in [0.1, 0.15) is 175 Å². The van der Waals surface area contributed by atoms with Crippen LogP contribution in [0.5, 0.6) is 0 Å². The molecule has 1 unspecified atom stereocenters. The zero-order valence-corrected chi connectivity index (χ0v) is 25.7. The smallest absolute Gasteiger partial charge is 0.223 e. The Hall–Kier alpha value is -1.01. The van der Waals surface area contributed by atoms with Gasteiger partial charge in [-0.25, -0.2) is 0 Å². The number of unbranched alkanes of at least 4 members (excludes halogenated alkanes) is 13. The van der Waals surface area contributed by atoms with Gasteiger partial charge >= 0.3 is 0 Å². The molecule has 0 aromatic carbocycles. The summed E-state index contributed by atoms with van der Waals surface area (Å²) in [5.41, 5.74) is 0. The fourth-order valence-corrected chi connectivity index (χ4v) is 5.10. The molecule has 0 fully saturated rings. The fourth-order valence-electron chi connectivity index (χ4n) is 5.10. The first kappa shape index (κ1) is 36.0. The average molecular weight is 519 g/mol. The van der Waals surface area contributed by atoms with Crippen molar-refractivity contribution in [3.63, 3.8) is 0 Å². The van der Waals surface area contributed by atoms with Crippen LogP contribution in [0.3, 0.4) is 0 Å². The van der Waals surface area contributed by atoms with Crippen molar-refractivity contribution in [1.82, 2.24) is 10.6 Å². The zero-order chi connectivity index (χ0) is 27.2. The number of hydrogen-bond donors (Lipinski definition) is 2. The molecule has 218 valence electrons. The molecule has 1 amide bonds. The van der Waals surface area contributed by atoms with Crippen molar-refractivity contribution < 1.29 is 4.79 Å². The minimum atomic E-state index is 0.194. The summed E-state index contributed by atoms with van der Waals surface area (Å²) in [6.07, 6.45) is 28.7. The van der Waals surface area contributed by atoms with Crippen molar-refractivity contribution in [3.8, 4) is 11.8 Å². The molecule has 0 aliphatic rings. The van der Waals surface area contributed by atoms with Gasteiger partial charge in [-0.15, -0.1) is 11.8 Å². The zero-order valence-electron chi connectivity index (χ0n) is 25.7. The van der Waals surface area contributed by atoms with E-state index < -0.39 is 0 Å². The van der Waals surface area contributed by atoms with Crippen LogP contribution in [0.25, 0.3) is 0 Å². The summed E-state index contributed by atoms with van der Waals surface area (Å²) in [6.45, 7) is 10.7. The van der Waals surface area contributed by atoms with Crippen molar-refractivity contribution in [2.45, 2.75) is 181 Å². The number of amides is 1. The molecule has 0 bridgehead atoms. The van der Waals surface area contributed by atoms with Gasteiger partial charge in [-0.05, 0) is 25.7 Å². The van der Waals surface area contributed by atoms with E-state index in [2.05, 4.69) is 50.2 Å². The molecule has 0 aromatic rings. The predicted molar refractivity (Wildman–Crippen MR) is 165 cm³/mol. The lowest BCUT2D eigenvalue weighted by atomic mass is 9.94. The van der Waals surface area contributed by atoms with Crippen LogP contribution in [0, 0.1) is 17.8 Å². The van der Waals surface area contributed by atoms with Gasteiger partial charge in [-0.2, -0.15) is 0 Å². The maximum absolute atomic E-state index is 12.7. The van der Waals surface area contributed by atoms with Crippen LogP contribution in [-0.2, 0) is 4.79 Å². The number of rotatable bonds is 27. The molecule has 0 spiro atoms. The number of carbonyl (C=O) groups is 1. The summed E-state index contributed by atoms with van der Waals surface area (Å²) in [7, 11) is 0. The van der Waals surface area contributed by atoms with Gasteiger partial charge in [0.1, 0.15) is 0 Å². The van der Waals surface area contributed by atoms with Crippen molar-refractivity contribution in [1.29, 1.82) is 0 Å². The maximum atomic E-state index is 12.7. The van der Waals surface area contributed by atoms with Crippen LogP contribution in [0.15, 0.2) is 0 Å². The summed E-state index contributed by atoms with van der Waals surface area (Å²) in [4.78, 5) is 12.7. The molecule has 37 heavy (non-hydrogen) atoms. The monoisotopic (exact) mass is 519 g/mol. The Labute approximate surface area is 233 Å². The summed E-state index contributed by atoms with van der Waals surface area (Å²) in [5, 5.41) is 6.98. The lowest BCUT2D eigenvalue weighted by molar-refractivity contribution is -0.125. The Morgan fingerprint density at radius 3 is 1.49 bits per heavy atom. The van der Waals surface area contributed by atoms with Crippen LogP contribution in [-0.4, -0.2) is 25.0 Å². The molecule has 3 nitrogen and oxygen atoms in total. The van der Waals surface area contributed by atoms with Crippen LogP contribution < -0.4 is 10.6 Å². The molecule has 3 heteroatoms. The van der Waals surface area contributed by atoms with Crippen molar-refractivity contribution in [2.24, 2.45) is 5.92 Å². The van der Waals surface area contributed by atoms with Crippen molar-refractivity contribution in [2.75, 3.05) is 13.1 Å². The molecule has 0 saturated heterocycles. The largest absolute Gasteiger partial charge is 0.355 e. The second-order valence-electron chi connectivity index (χ2n) is 11.2. The maximum Gasteiger partial charge on any atom is 0.223 e. The Kier molecular flexibility index (Phi) is 28.7. The molecule has 0 aromatic heterocycles. The van der Waals surface area contributed by atoms with Gasteiger partial charge in [0.25, 0.3) is 0 Å². The average Bonchev–Trinajstić information content (AvgIpc) is 2.90. The normalized spacial score (nSPS) is 11.9. The van der Waals surface area contributed by atoms with Crippen molar-refractivity contribution in [3.05, 3.63) is 0 Å². The number of hydrogen-bond acceptors (Lipinski definition) is 2. The highest BCUT2D eigenvalue weighted by molar-refractivity contribution is 5.78. The molecular weight excluding hydrogens is 452 g/mol. The molecule has 0 aliphatic heterocycles. The van der Waals surface area contributed by atoms with Crippen LogP contribution >= 0.6 is 0 Å². The quantitative estimate of drug-likeness (QED) is 0.0839. The molecule has 0 heterocycles. The van der Waals surface area contributed by atoms with Crippen LogP contribution in [0.2, 0.25) is 0 Å². The van der Waals surface area contributed by atoms with E-state index in [1.54, 1.807) is 0 Å². The second kappa shape index (κ2) is 29.5. The third-order valence-electron chi connectivity index (χ3n) is 7.60. The molecule has 0 aliphatic carbocycles. The van der Waals surface area contributed by atoms with E-state index in [4.69, 9.17) is 0 Å². The SMILES string of the molecule is CCCCCCCC(CCCCCCC)NCCC#CCCNC(=O)C(CCCC)CCCCCCC. The van der Waals surface area contributed by atoms with Gasteiger partial charge in [0, 0.05) is 37.9 Å². The van der Waals surface area contributed by atoms with E-state index >= 15 is 0 Å². The molecule has 0 radical (unpaired) electrons. The van der Waals surface area contributed by atoms with Crippen LogP contribution in [0.4, 0.5) is 0 Å². The summed E-state index contributed by atoms with van der Waals surface area (Å²) in [5.74, 6) is 7.08. The minimum absolute atomic E-state index is 0.194. The van der Waals surface area contributed by atoms with E-state index in [9.17, 15) is 4.79 Å². The highest BCUT2D eigenvalue weighted by atomic mass is 16.1. The topological polar surface area (TPSA) is 41.1 Å². The van der Waals surface area contributed by atoms with E-state index in [-0.39, 0.29) is 11.8 Å². The van der Waals surface area contributed by atoms with Gasteiger partial charge in [0.2, 0.25) is 5.91 Å². The molecule has 0 saturated carbocycles. The second-order valence-corrected chi connectivity index (χ2v) is 11.2. The summed E-state index contributed by atoms with van der Waals surface area (Å²) in [6, 6.07) is 0.659. The summed E-state index contributed by atoms with van der Waals surface area (Å²) < 4.78 is 0. The Balaban J connectivity index is 4.18. The van der Waals surface area contributed by atoms with E-state index in [1.807, 2.05) is 0 Å². The highest BCUT2D eigenvalue weighted by Crippen LogP contribution is 2.18. The first-order valence-corrected chi connectivity index (χ1v) is 16.7. The Morgan fingerprint density at radius 2 is 0.973 bits per heavy atom. The van der Waals surface area contributed by atoms with Gasteiger partial charge in [-0.1, -0.05) is 137 Å². The third-order valence-corrected chi connectivity index (χ3v) is 7.60. The van der Waals surface area contributed by atoms with Gasteiger partial charge in [-0.3, -0.25) is 4.79 Å². The third kappa shape index (κ3) is 25.0.